The molecule has 1 saturated carbocycles. The van der Waals surface area contributed by atoms with Crippen LogP contribution in [0, 0.1) is 6.42 Å². The third-order valence-electron chi connectivity index (χ3n) is 2.47. The summed E-state index contributed by atoms with van der Waals surface area (Å²) in [5.74, 6) is -0.443. The summed E-state index contributed by atoms with van der Waals surface area (Å²) in [6.07, 6.45) is 4.87. The number of pyridine rings is 1. The van der Waals surface area contributed by atoms with Crippen LogP contribution in [0.4, 0.5) is 0 Å². The Morgan fingerprint density at radius 1 is 1.50 bits per heavy atom. The van der Waals surface area contributed by atoms with Crippen LogP contribution in [-0.2, 0) is 14.8 Å². The molecule has 1 aromatic rings. The van der Waals surface area contributed by atoms with E-state index in [1.54, 1.807) is 12.5 Å². The van der Waals surface area contributed by atoms with E-state index in [0.29, 0.717) is 5.56 Å². The fourth-order valence-corrected chi connectivity index (χ4v) is 2.60. The number of nitrogens with zero attached hydrogens (tertiary/aromatic N) is 1. The van der Waals surface area contributed by atoms with Gasteiger partial charge in [0.05, 0.1) is 0 Å². The molecule has 6 nitrogen and oxygen atoms in total. The number of nitrogens with two attached hydrogens (primary N) is 1. The van der Waals surface area contributed by atoms with Crippen molar-refractivity contribution in [3.05, 3.63) is 30.3 Å². The number of nitrogens with one attached hydrogen (secondary N) is 1. The number of carbonyl (C=O) groups excluding carboxylic acids is 1. The van der Waals surface area contributed by atoms with E-state index in [1.807, 2.05) is 0 Å². The average Bonchev–Trinajstić information content (AvgIpc) is 3.10. The monoisotopic (exact) mass is 268 g/mol. The highest BCUT2D eigenvalue weighted by atomic mass is 32.2. The third-order valence-corrected chi connectivity index (χ3v) is 3.91. The fourth-order valence-electron chi connectivity index (χ4n) is 1.37. The van der Waals surface area contributed by atoms with E-state index in [1.165, 1.54) is 12.3 Å². The van der Waals surface area contributed by atoms with Crippen LogP contribution in [0.25, 0.3) is 0 Å². The lowest BCUT2D eigenvalue weighted by Gasteiger charge is -2.05. The topological polar surface area (TPSA) is 102 Å². The van der Waals surface area contributed by atoms with Gasteiger partial charge >= 0.3 is 0 Å². The molecule has 1 fully saturated rings. The maximum Gasteiger partial charge on any atom is 0.258 e. The van der Waals surface area contributed by atoms with Crippen LogP contribution in [0.3, 0.4) is 0 Å². The van der Waals surface area contributed by atoms with E-state index in [0.717, 1.165) is 12.8 Å². The predicted octanol–water partition coefficient (Wildman–Crippen LogP) is -0.0499. The summed E-state index contributed by atoms with van der Waals surface area (Å²) in [5, 5.41) is -0.00868. The standard InChI is InChI=1S/C11H14N3O3S/c12-10(15)5-1-8-2-6-11(13-7-8)18(16,17)14-9-3-4-9/h1-2,6-7,9,14H,3-5H2,(H2,12,15). The Kier molecular flexibility index (Phi) is 3.63. The lowest BCUT2D eigenvalue weighted by molar-refractivity contribution is -0.117. The van der Waals surface area contributed by atoms with Gasteiger partial charge in [-0.25, -0.2) is 18.1 Å². The molecule has 1 radical (unpaired) electrons. The van der Waals surface area contributed by atoms with Crippen molar-refractivity contribution in [3.8, 4) is 0 Å². The third kappa shape index (κ3) is 3.51. The van der Waals surface area contributed by atoms with E-state index in [2.05, 4.69) is 9.71 Å². The Morgan fingerprint density at radius 3 is 2.72 bits per heavy atom. The van der Waals surface area contributed by atoms with Gasteiger partial charge < -0.3 is 5.73 Å². The number of hydrogen-bond donors (Lipinski definition) is 2. The summed E-state index contributed by atoms with van der Waals surface area (Å²) >= 11 is 0. The van der Waals surface area contributed by atoms with E-state index < -0.39 is 15.9 Å². The number of carbonyl (C=O) groups is 1. The van der Waals surface area contributed by atoms with Gasteiger partial charge in [-0.15, -0.1) is 0 Å². The molecule has 0 spiro atoms. The molecular weight excluding hydrogens is 254 g/mol. The van der Waals surface area contributed by atoms with Gasteiger partial charge in [-0.05, 0) is 24.5 Å². The molecule has 1 aliphatic rings. The van der Waals surface area contributed by atoms with Crippen molar-refractivity contribution in [1.29, 1.82) is 0 Å². The Hall–Kier alpha value is -1.47. The van der Waals surface area contributed by atoms with E-state index in [4.69, 9.17) is 5.73 Å². The minimum absolute atomic E-state index is 0.00868. The molecule has 0 aliphatic heterocycles. The summed E-state index contributed by atoms with van der Waals surface area (Å²) in [5.41, 5.74) is 5.67. The second kappa shape index (κ2) is 5.03. The second-order valence-electron chi connectivity index (χ2n) is 4.20. The highest BCUT2D eigenvalue weighted by Gasteiger charge is 2.28. The molecule has 7 heteroatoms. The normalized spacial score (nSPS) is 15.6. The van der Waals surface area contributed by atoms with Gasteiger partial charge in [-0.1, -0.05) is 6.07 Å². The summed E-state index contributed by atoms with van der Waals surface area (Å²) in [6, 6.07) is 3.06. The molecule has 0 saturated heterocycles. The van der Waals surface area contributed by atoms with Crippen molar-refractivity contribution in [2.24, 2.45) is 5.73 Å². The molecule has 1 amide bonds. The SMILES string of the molecule is NC(=O)C[CH]c1ccc(S(=O)(=O)NC2CC2)nc1. The van der Waals surface area contributed by atoms with Gasteiger partial charge in [0, 0.05) is 25.1 Å². The van der Waals surface area contributed by atoms with Crippen LogP contribution in [0.1, 0.15) is 24.8 Å². The molecule has 97 valence electrons. The van der Waals surface area contributed by atoms with Crippen molar-refractivity contribution in [2.45, 2.75) is 30.3 Å². The number of sulfonamides is 1. The highest BCUT2D eigenvalue weighted by molar-refractivity contribution is 7.89. The first-order valence-electron chi connectivity index (χ1n) is 5.57. The molecule has 1 aliphatic carbocycles. The molecule has 0 unspecified atom stereocenters. The van der Waals surface area contributed by atoms with Gasteiger partial charge in [0.25, 0.3) is 10.0 Å². The van der Waals surface area contributed by atoms with E-state index in [9.17, 15) is 13.2 Å². The molecule has 0 bridgehead atoms. The molecule has 0 atom stereocenters. The largest absolute Gasteiger partial charge is 0.370 e. The predicted molar refractivity (Wildman–Crippen MR) is 64.8 cm³/mol. The van der Waals surface area contributed by atoms with Gasteiger partial charge in [0.15, 0.2) is 5.03 Å². The number of hydrogen-bond acceptors (Lipinski definition) is 4. The first-order chi connectivity index (χ1) is 8.47. The minimum atomic E-state index is -3.51. The summed E-state index contributed by atoms with van der Waals surface area (Å²) in [7, 11) is -3.51. The van der Waals surface area contributed by atoms with Crippen LogP contribution in [0.5, 0.6) is 0 Å². The zero-order chi connectivity index (χ0) is 13.2. The van der Waals surface area contributed by atoms with Crippen molar-refractivity contribution in [1.82, 2.24) is 9.71 Å². The first-order valence-corrected chi connectivity index (χ1v) is 7.05. The van der Waals surface area contributed by atoms with Crippen LogP contribution in [-0.4, -0.2) is 25.4 Å². The van der Waals surface area contributed by atoms with Crippen molar-refractivity contribution >= 4 is 15.9 Å². The Balaban J connectivity index is 2.04. The maximum atomic E-state index is 11.8. The minimum Gasteiger partial charge on any atom is -0.370 e. The lowest BCUT2D eigenvalue weighted by Crippen LogP contribution is -2.26. The maximum absolute atomic E-state index is 11.8. The fraction of sp³-hybridized carbons (Fsp3) is 0.364. The molecule has 3 N–H and O–H groups in total. The smallest absolute Gasteiger partial charge is 0.258 e. The van der Waals surface area contributed by atoms with Crippen LogP contribution in [0.2, 0.25) is 0 Å². The van der Waals surface area contributed by atoms with Crippen molar-refractivity contribution in [3.63, 3.8) is 0 Å². The van der Waals surface area contributed by atoms with E-state index >= 15 is 0 Å². The summed E-state index contributed by atoms with van der Waals surface area (Å²) in [6.45, 7) is 0. The van der Waals surface area contributed by atoms with Crippen LogP contribution in [0.15, 0.2) is 23.4 Å². The lowest BCUT2D eigenvalue weighted by atomic mass is 10.1. The quantitative estimate of drug-likeness (QED) is 0.755. The average molecular weight is 268 g/mol. The summed E-state index contributed by atoms with van der Waals surface area (Å²) < 4.78 is 26.1. The Labute approximate surface area is 106 Å². The highest BCUT2D eigenvalue weighted by Crippen LogP contribution is 2.21. The van der Waals surface area contributed by atoms with Crippen LogP contribution >= 0.6 is 0 Å². The second-order valence-corrected chi connectivity index (χ2v) is 5.86. The molecule has 2 rings (SSSR count). The Bertz CT molecular complexity index is 535. The molecule has 1 heterocycles. The number of aromatic nitrogens is 1. The zero-order valence-corrected chi connectivity index (χ0v) is 10.5. The summed E-state index contributed by atoms with van der Waals surface area (Å²) in [4.78, 5) is 14.5. The molecule has 1 aromatic heterocycles. The number of primary amides is 1. The number of rotatable bonds is 6. The van der Waals surface area contributed by atoms with Crippen molar-refractivity contribution in [2.75, 3.05) is 0 Å². The van der Waals surface area contributed by atoms with E-state index in [-0.39, 0.29) is 17.5 Å². The Morgan fingerprint density at radius 2 is 2.22 bits per heavy atom. The zero-order valence-electron chi connectivity index (χ0n) is 9.67. The van der Waals surface area contributed by atoms with Gasteiger partial charge in [0.1, 0.15) is 0 Å². The first kappa shape index (κ1) is 13.0. The van der Waals surface area contributed by atoms with Gasteiger partial charge in [-0.3, -0.25) is 4.79 Å². The van der Waals surface area contributed by atoms with Crippen molar-refractivity contribution < 1.29 is 13.2 Å². The molecule has 18 heavy (non-hydrogen) atoms. The molecular formula is C11H14N3O3S. The van der Waals surface area contributed by atoms with Crippen LogP contribution < -0.4 is 10.5 Å². The number of amides is 1. The molecule has 0 aromatic carbocycles. The van der Waals surface area contributed by atoms with Gasteiger partial charge in [0.2, 0.25) is 5.91 Å². The van der Waals surface area contributed by atoms with Gasteiger partial charge in [-0.2, -0.15) is 0 Å².